The van der Waals surface area contributed by atoms with Crippen LogP contribution in [0.1, 0.15) is 98.3 Å². The highest BCUT2D eigenvalue weighted by atomic mass is 28.4. The molecule has 0 heterocycles. The van der Waals surface area contributed by atoms with Gasteiger partial charge in [0.2, 0.25) is 0 Å². The van der Waals surface area contributed by atoms with Gasteiger partial charge in [0.05, 0.1) is 106 Å². The molecule has 0 aromatic heterocycles. The summed E-state index contributed by atoms with van der Waals surface area (Å²) in [6.45, 7) is 23.5. The summed E-state index contributed by atoms with van der Waals surface area (Å²) in [7, 11) is -1.69. The summed E-state index contributed by atoms with van der Waals surface area (Å²) in [4.78, 5) is 0. The molecule has 0 saturated heterocycles. The molecule has 0 N–H and O–H groups in total. The van der Waals surface area contributed by atoms with Crippen molar-refractivity contribution in [2.24, 2.45) is 0 Å². The van der Waals surface area contributed by atoms with Crippen molar-refractivity contribution in [3.63, 3.8) is 0 Å². The molecule has 0 bridgehead atoms. The standard InChI is InChI=1S/C35H74O9Si/c1-7-8-9-10-11-12-13-14-15-16-17-18-36-19-20-37-21-22-38-23-24-39-25-26-40-27-28-41-29-30-42-31-32-43-33-34-44-45(5,6)35(2,3)4/h7-34H2,1-6H3. The Hall–Kier alpha value is -0.143. The first kappa shape index (κ1) is 44.9. The molecule has 0 aliphatic heterocycles. The first-order valence-electron chi connectivity index (χ1n) is 18.1. The molecule has 0 spiro atoms. The van der Waals surface area contributed by atoms with Crippen LogP contribution in [0.3, 0.4) is 0 Å². The van der Waals surface area contributed by atoms with Gasteiger partial charge in [-0.25, -0.2) is 0 Å². The van der Waals surface area contributed by atoms with Crippen molar-refractivity contribution in [2.75, 3.05) is 112 Å². The van der Waals surface area contributed by atoms with Crippen molar-refractivity contribution in [3.05, 3.63) is 0 Å². The summed E-state index contributed by atoms with van der Waals surface area (Å²) in [5.41, 5.74) is 0. The smallest absolute Gasteiger partial charge is 0.192 e. The van der Waals surface area contributed by atoms with Crippen LogP contribution in [-0.4, -0.2) is 121 Å². The zero-order valence-electron chi connectivity index (χ0n) is 30.5. The van der Waals surface area contributed by atoms with Crippen molar-refractivity contribution < 1.29 is 42.3 Å². The van der Waals surface area contributed by atoms with Gasteiger partial charge < -0.3 is 42.3 Å². The first-order chi connectivity index (χ1) is 21.8. The molecule has 0 aliphatic carbocycles. The Morgan fingerprint density at radius 2 is 0.578 bits per heavy atom. The van der Waals surface area contributed by atoms with Crippen LogP contribution in [0.2, 0.25) is 18.1 Å². The molecule has 45 heavy (non-hydrogen) atoms. The molecule has 0 rings (SSSR count). The average molecular weight is 667 g/mol. The van der Waals surface area contributed by atoms with E-state index >= 15 is 0 Å². The third kappa shape index (κ3) is 33.5. The van der Waals surface area contributed by atoms with E-state index in [1.807, 2.05) is 0 Å². The van der Waals surface area contributed by atoms with E-state index in [0.717, 1.165) is 13.0 Å². The van der Waals surface area contributed by atoms with Gasteiger partial charge in [-0.3, -0.25) is 0 Å². The van der Waals surface area contributed by atoms with Gasteiger partial charge >= 0.3 is 0 Å². The summed E-state index contributed by atoms with van der Waals surface area (Å²) in [5.74, 6) is 0. The lowest BCUT2D eigenvalue weighted by molar-refractivity contribution is -0.0237. The van der Waals surface area contributed by atoms with Crippen LogP contribution in [0.25, 0.3) is 0 Å². The molecule has 0 aliphatic rings. The normalized spacial score (nSPS) is 12.4. The Balaban J connectivity index is 3.11. The molecule has 0 radical (unpaired) electrons. The van der Waals surface area contributed by atoms with E-state index in [4.69, 9.17) is 42.3 Å². The summed E-state index contributed by atoms with van der Waals surface area (Å²) < 4.78 is 50.5. The number of hydrogen-bond acceptors (Lipinski definition) is 9. The van der Waals surface area contributed by atoms with Crippen LogP contribution >= 0.6 is 0 Å². The number of rotatable bonds is 37. The maximum atomic E-state index is 6.09. The fourth-order valence-corrected chi connectivity index (χ4v) is 5.11. The highest BCUT2D eigenvalue weighted by Gasteiger charge is 2.36. The van der Waals surface area contributed by atoms with E-state index in [1.54, 1.807) is 0 Å². The molecule has 272 valence electrons. The summed E-state index contributed by atoms with van der Waals surface area (Å²) >= 11 is 0. The second kappa shape index (κ2) is 33.7. The minimum absolute atomic E-state index is 0.225. The van der Waals surface area contributed by atoms with Crippen LogP contribution < -0.4 is 0 Å². The van der Waals surface area contributed by atoms with Crippen LogP contribution in [-0.2, 0) is 42.3 Å². The van der Waals surface area contributed by atoms with Gasteiger partial charge in [0.15, 0.2) is 8.32 Å². The van der Waals surface area contributed by atoms with Gasteiger partial charge in [0.1, 0.15) is 0 Å². The van der Waals surface area contributed by atoms with E-state index in [0.29, 0.717) is 106 Å². The Morgan fingerprint density at radius 1 is 0.333 bits per heavy atom. The van der Waals surface area contributed by atoms with Crippen molar-refractivity contribution >= 4 is 8.32 Å². The Labute approximate surface area is 279 Å². The van der Waals surface area contributed by atoms with Gasteiger partial charge in [0, 0.05) is 6.61 Å². The fraction of sp³-hybridized carbons (Fsp3) is 1.00. The maximum absolute atomic E-state index is 6.09. The average Bonchev–Trinajstić information content (AvgIpc) is 3.00. The monoisotopic (exact) mass is 667 g/mol. The van der Waals surface area contributed by atoms with Gasteiger partial charge in [0.25, 0.3) is 0 Å². The highest BCUT2D eigenvalue weighted by Crippen LogP contribution is 2.36. The predicted molar refractivity (Wildman–Crippen MR) is 186 cm³/mol. The summed E-state index contributed by atoms with van der Waals surface area (Å²) in [6.07, 6.45) is 14.9. The third-order valence-electron chi connectivity index (χ3n) is 7.99. The van der Waals surface area contributed by atoms with Crippen LogP contribution in [0.15, 0.2) is 0 Å². The Bertz CT molecular complexity index is 576. The Morgan fingerprint density at radius 3 is 0.867 bits per heavy atom. The zero-order chi connectivity index (χ0) is 33.2. The topological polar surface area (TPSA) is 83.1 Å². The van der Waals surface area contributed by atoms with Crippen LogP contribution in [0.5, 0.6) is 0 Å². The zero-order valence-corrected chi connectivity index (χ0v) is 31.5. The molecular formula is C35H74O9Si. The summed E-state index contributed by atoms with van der Waals surface area (Å²) in [5, 5.41) is 0.225. The molecule has 0 aromatic carbocycles. The first-order valence-corrected chi connectivity index (χ1v) is 21.0. The van der Waals surface area contributed by atoms with Crippen molar-refractivity contribution in [2.45, 2.75) is 116 Å². The van der Waals surface area contributed by atoms with E-state index < -0.39 is 8.32 Å². The largest absolute Gasteiger partial charge is 0.414 e. The quantitative estimate of drug-likeness (QED) is 0.0496. The van der Waals surface area contributed by atoms with E-state index in [1.165, 1.54) is 64.2 Å². The third-order valence-corrected chi connectivity index (χ3v) is 12.5. The minimum Gasteiger partial charge on any atom is -0.414 e. The molecule has 0 saturated carbocycles. The van der Waals surface area contributed by atoms with Gasteiger partial charge in [-0.05, 0) is 24.6 Å². The SMILES string of the molecule is CCCCCCCCCCCCCOCCOCCOCCOCCOCCOCCOCCOCCO[Si](C)(C)C(C)(C)C. The van der Waals surface area contributed by atoms with Gasteiger partial charge in [-0.15, -0.1) is 0 Å². The molecule has 10 heteroatoms. The summed E-state index contributed by atoms with van der Waals surface area (Å²) in [6, 6.07) is 0. The second-order valence-electron chi connectivity index (χ2n) is 13.0. The number of unbranched alkanes of at least 4 members (excludes halogenated alkanes) is 10. The number of ether oxygens (including phenoxy) is 8. The molecule has 0 atom stereocenters. The minimum atomic E-state index is -1.69. The lowest BCUT2D eigenvalue weighted by Gasteiger charge is -2.36. The van der Waals surface area contributed by atoms with Gasteiger partial charge in [-0.2, -0.15) is 0 Å². The molecular weight excluding hydrogens is 592 g/mol. The van der Waals surface area contributed by atoms with Gasteiger partial charge in [-0.1, -0.05) is 91.9 Å². The molecule has 0 fully saturated rings. The highest BCUT2D eigenvalue weighted by molar-refractivity contribution is 6.74. The van der Waals surface area contributed by atoms with Crippen molar-refractivity contribution in [3.8, 4) is 0 Å². The van der Waals surface area contributed by atoms with Crippen molar-refractivity contribution in [1.29, 1.82) is 0 Å². The van der Waals surface area contributed by atoms with E-state index in [9.17, 15) is 0 Å². The lowest BCUT2D eigenvalue weighted by atomic mass is 10.1. The molecule has 0 unspecified atom stereocenters. The predicted octanol–water partition coefficient (Wildman–Crippen LogP) is 7.45. The van der Waals surface area contributed by atoms with Crippen molar-refractivity contribution in [1.82, 2.24) is 0 Å². The van der Waals surface area contributed by atoms with Crippen LogP contribution in [0, 0.1) is 0 Å². The van der Waals surface area contributed by atoms with E-state index in [-0.39, 0.29) is 5.04 Å². The molecule has 9 nitrogen and oxygen atoms in total. The number of hydrogen-bond donors (Lipinski definition) is 0. The maximum Gasteiger partial charge on any atom is 0.192 e. The fourth-order valence-electron chi connectivity index (χ4n) is 4.08. The molecule has 0 amide bonds. The second-order valence-corrected chi connectivity index (χ2v) is 17.9. The van der Waals surface area contributed by atoms with E-state index in [2.05, 4.69) is 40.8 Å². The Kier molecular flexibility index (Phi) is 33.6. The lowest BCUT2D eigenvalue weighted by Crippen LogP contribution is -2.41. The molecule has 0 aromatic rings. The van der Waals surface area contributed by atoms with Crippen LogP contribution in [0.4, 0.5) is 0 Å².